The molecular weight excluding hydrogens is 402 g/mol. The molecule has 0 N–H and O–H groups in total. The summed E-state index contributed by atoms with van der Waals surface area (Å²) in [5.74, 6) is 0.723. The number of nitrogens with zero attached hydrogens (tertiary/aromatic N) is 2. The summed E-state index contributed by atoms with van der Waals surface area (Å²) in [7, 11) is 0. The van der Waals surface area contributed by atoms with E-state index >= 15 is 0 Å². The van der Waals surface area contributed by atoms with Gasteiger partial charge < -0.3 is 0 Å². The van der Waals surface area contributed by atoms with Crippen molar-refractivity contribution >= 4 is 34.2 Å². The quantitative estimate of drug-likeness (QED) is 0.477. The number of aryl methyl sites for hydroxylation is 1. The molecule has 1 aromatic carbocycles. The fourth-order valence-electron chi connectivity index (χ4n) is 2.77. The van der Waals surface area contributed by atoms with Crippen molar-refractivity contribution in [3.63, 3.8) is 0 Å². The molecule has 1 heterocycles. The number of hydrogen-bond acceptors (Lipinski definition) is 2. The average Bonchev–Trinajstić information content (AvgIpc) is 2.98. The van der Waals surface area contributed by atoms with Gasteiger partial charge in [0.25, 0.3) is 0 Å². The third-order valence-electron chi connectivity index (χ3n) is 4.01. The predicted octanol–water partition coefficient (Wildman–Crippen LogP) is 5.51. The van der Waals surface area contributed by atoms with Gasteiger partial charge in [0.05, 0.1) is 9.26 Å². The number of benzene rings is 1. The first-order valence-electron chi connectivity index (χ1n) is 7.05. The van der Waals surface area contributed by atoms with Gasteiger partial charge in [-0.15, -0.1) is 0 Å². The van der Waals surface area contributed by atoms with E-state index < -0.39 is 0 Å². The molecule has 0 bridgehead atoms. The van der Waals surface area contributed by atoms with Crippen LogP contribution in [0.4, 0.5) is 4.39 Å². The molecular formula is C16H15ClFIN2. The standard InChI is InChI=1S/C16H15ClFIN2/c1-9-6-7-11(8-12(9)18)16-20-14(10-4-2-3-5-10)13(19)15(17)21-16/h6-8,10H,2-5H2,1H3. The zero-order chi connectivity index (χ0) is 15.0. The van der Waals surface area contributed by atoms with Crippen LogP contribution in [-0.2, 0) is 0 Å². The van der Waals surface area contributed by atoms with Crippen molar-refractivity contribution < 1.29 is 4.39 Å². The highest BCUT2D eigenvalue weighted by Gasteiger charge is 2.23. The van der Waals surface area contributed by atoms with Crippen LogP contribution in [0.5, 0.6) is 0 Å². The molecule has 1 aliphatic carbocycles. The molecule has 0 unspecified atom stereocenters. The van der Waals surface area contributed by atoms with Crippen molar-refractivity contribution in [2.45, 2.75) is 38.5 Å². The van der Waals surface area contributed by atoms with Crippen molar-refractivity contribution in [2.24, 2.45) is 0 Å². The lowest BCUT2D eigenvalue weighted by atomic mass is 10.0. The lowest BCUT2D eigenvalue weighted by Gasteiger charge is -2.13. The van der Waals surface area contributed by atoms with Gasteiger partial charge in [0.1, 0.15) is 11.0 Å². The van der Waals surface area contributed by atoms with E-state index in [2.05, 4.69) is 32.6 Å². The third kappa shape index (κ3) is 3.06. The number of halogens is 3. The Hall–Kier alpha value is -0.750. The van der Waals surface area contributed by atoms with Crippen LogP contribution in [0.1, 0.15) is 42.9 Å². The van der Waals surface area contributed by atoms with E-state index in [4.69, 9.17) is 11.6 Å². The largest absolute Gasteiger partial charge is 0.232 e. The van der Waals surface area contributed by atoms with E-state index in [0.717, 1.165) is 22.1 Å². The van der Waals surface area contributed by atoms with Crippen LogP contribution < -0.4 is 0 Å². The SMILES string of the molecule is Cc1ccc(-c2nc(Cl)c(I)c(C3CCCC3)n2)cc1F. The fraction of sp³-hybridized carbons (Fsp3) is 0.375. The molecule has 0 amide bonds. The number of aromatic nitrogens is 2. The Morgan fingerprint density at radius 1 is 1.24 bits per heavy atom. The van der Waals surface area contributed by atoms with Gasteiger partial charge in [-0.05, 0) is 54.0 Å². The minimum atomic E-state index is -0.242. The number of hydrogen-bond donors (Lipinski definition) is 0. The molecule has 1 saturated carbocycles. The molecule has 21 heavy (non-hydrogen) atoms. The van der Waals surface area contributed by atoms with E-state index in [1.165, 1.54) is 18.9 Å². The van der Waals surface area contributed by atoms with Crippen molar-refractivity contribution in [1.82, 2.24) is 9.97 Å². The molecule has 3 rings (SSSR count). The fourth-order valence-corrected chi connectivity index (χ4v) is 3.63. The van der Waals surface area contributed by atoms with Gasteiger partial charge in [-0.2, -0.15) is 0 Å². The van der Waals surface area contributed by atoms with E-state index in [-0.39, 0.29) is 5.82 Å². The van der Waals surface area contributed by atoms with Gasteiger partial charge in [0.2, 0.25) is 0 Å². The Morgan fingerprint density at radius 3 is 2.62 bits per heavy atom. The Bertz CT molecular complexity index is 684. The summed E-state index contributed by atoms with van der Waals surface area (Å²) in [4.78, 5) is 9.01. The Kier molecular flexibility index (Phi) is 4.45. The molecule has 0 aliphatic heterocycles. The summed E-state index contributed by atoms with van der Waals surface area (Å²) in [6.45, 7) is 1.74. The third-order valence-corrected chi connectivity index (χ3v) is 5.66. The highest BCUT2D eigenvalue weighted by atomic mass is 127. The van der Waals surface area contributed by atoms with Crippen LogP contribution in [-0.4, -0.2) is 9.97 Å². The maximum atomic E-state index is 13.8. The Labute approximate surface area is 142 Å². The van der Waals surface area contributed by atoms with Gasteiger partial charge in [-0.1, -0.05) is 36.6 Å². The maximum Gasteiger partial charge on any atom is 0.161 e. The Morgan fingerprint density at radius 2 is 1.95 bits per heavy atom. The highest BCUT2D eigenvalue weighted by molar-refractivity contribution is 14.1. The van der Waals surface area contributed by atoms with Crippen molar-refractivity contribution in [2.75, 3.05) is 0 Å². The first kappa shape index (κ1) is 15.2. The number of rotatable bonds is 2. The van der Waals surface area contributed by atoms with E-state index in [0.29, 0.717) is 28.0 Å². The van der Waals surface area contributed by atoms with Crippen LogP contribution in [0.2, 0.25) is 5.15 Å². The second-order valence-corrected chi connectivity index (χ2v) is 6.92. The lowest BCUT2D eigenvalue weighted by molar-refractivity contribution is 0.619. The predicted molar refractivity (Wildman–Crippen MR) is 91.1 cm³/mol. The zero-order valence-corrected chi connectivity index (χ0v) is 14.6. The van der Waals surface area contributed by atoms with Crippen LogP contribution in [0.15, 0.2) is 18.2 Å². The second kappa shape index (κ2) is 6.16. The minimum Gasteiger partial charge on any atom is -0.232 e. The maximum absolute atomic E-state index is 13.8. The minimum absolute atomic E-state index is 0.242. The van der Waals surface area contributed by atoms with Gasteiger partial charge >= 0.3 is 0 Å². The van der Waals surface area contributed by atoms with E-state index in [9.17, 15) is 4.39 Å². The van der Waals surface area contributed by atoms with Crippen molar-refractivity contribution in [3.05, 3.63) is 44.0 Å². The first-order chi connectivity index (χ1) is 10.1. The van der Waals surface area contributed by atoms with E-state index in [1.54, 1.807) is 13.0 Å². The molecule has 2 nitrogen and oxygen atoms in total. The summed E-state index contributed by atoms with van der Waals surface area (Å²) in [6, 6.07) is 5.07. The summed E-state index contributed by atoms with van der Waals surface area (Å²) in [6.07, 6.45) is 4.75. The lowest BCUT2D eigenvalue weighted by Crippen LogP contribution is -2.05. The summed E-state index contributed by atoms with van der Waals surface area (Å²) in [5, 5.41) is 0.462. The van der Waals surface area contributed by atoms with Crippen LogP contribution in [0.25, 0.3) is 11.4 Å². The zero-order valence-electron chi connectivity index (χ0n) is 11.7. The van der Waals surface area contributed by atoms with Crippen LogP contribution in [0.3, 0.4) is 0 Å². The van der Waals surface area contributed by atoms with Crippen molar-refractivity contribution in [1.29, 1.82) is 0 Å². The van der Waals surface area contributed by atoms with Gasteiger partial charge in [0, 0.05) is 11.5 Å². The topological polar surface area (TPSA) is 25.8 Å². The molecule has 1 fully saturated rings. The van der Waals surface area contributed by atoms with Crippen molar-refractivity contribution in [3.8, 4) is 11.4 Å². The molecule has 0 saturated heterocycles. The summed E-state index contributed by atoms with van der Waals surface area (Å²) >= 11 is 8.48. The molecule has 2 aromatic rings. The summed E-state index contributed by atoms with van der Waals surface area (Å²) < 4.78 is 14.7. The first-order valence-corrected chi connectivity index (χ1v) is 8.51. The second-order valence-electron chi connectivity index (χ2n) is 5.48. The van der Waals surface area contributed by atoms with Crippen LogP contribution >= 0.6 is 34.2 Å². The van der Waals surface area contributed by atoms with Gasteiger partial charge in [0.15, 0.2) is 5.82 Å². The normalized spacial score (nSPS) is 15.6. The summed E-state index contributed by atoms with van der Waals surface area (Å²) in [5.41, 5.74) is 2.31. The highest BCUT2D eigenvalue weighted by Crippen LogP contribution is 2.37. The smallest absolute Gasteiger partial charge is 0.161 e. The Balaban J connectivity index is 2.08. The molecule has 5 heteroatoms. The molecule has 0 radical (unpaired) electrons. The molecule has 0 atom stereocenters. The van der Waals surface area contributed by atoms with Gasteiger partial charge in [-0.3, -0.25) is 0 Å². The van der Waals surface area contributed by atoms with Gasteiger partial charge in [-0.25, -0.2) is 14.4 Å². The molecule has 0 spiro atoms. The molecule has 110 valence electrons. The van der Waals surface area contributed by atoms with E-state index in [1.807, 2.05) is 6.07 Å². The van der Waals surface area contributed by atoms with Crippen LogP contribution in [0, 0.1) is 16.3 Å². The molecule has 1 aromatic heterocycles. The molecule has 1 aliphatic rings. The average molecular weight is 417 g/mol. The monoisotopic (exact) mass is 416 g/mol.